The van der Waals surface area contributed by atoms with Gasteiger partial charge in [0, 0.05) is 17.8 Å². The van der Waals surface area contributed by atoms with E-state index in [0.29, 0.717) is 29.7 Å². The predicted molar refractivity (Wildman–Crippen MR) is 122 cm³/mol. The van der Waals surface area contributed by atoms with Crippen molar-refractivity contribution in [2.24, 2.45) is 23.0 Å². The lowest BCUT2D eigenvalue weighted by Crippen LogP contribution is -2.45. The van der Waals surface area contributed by atoms with Gasteiger partial charge in [-0.2, -0.15) is 5.10 Å². The van der Waals surface area contributed by atoms with E-state index in [4.69, 9.17) is 5.73 Å². The summed E-state index contributed by atoms with van der Waals surface area (Å²) in [4.78, 5) is 40.3. The molecule has 0 unspecified atom stereocenters. The zero-order chi connectivity index (χ0) is 23.5. The number of aliphatic hydroxyl groups excluding tert-OH is 1. The van der Waals surface area contributed by atoms with Crippen LogP contribution in [0.25, 0.3) is 10.9 Å². The summed E-state index contributed by atoms with van der Waals surface area (Å²) in [7, 11) is 0. The highest BCUT2D eigenvalue weighted by Crippen LogP contribution is 2.49. The SMILES string of the molecule is CC1(C)C[C@H](O)C[C@@H](CC(=O)[C@@H]2C[C@H]3C[C@H]3N2C(=O)Cn2nc(C(N)=O)c3ccccc32)C1. The van der Waals surface area contributed by atoms with Crippen LogP contribution in [-0.2, 0) is 16.1 Å². The minimum absolute atomic E-state index is 0.0230. The fraction of sp³-hybridized carbons (Fsp3) is 0.600. The van der Waals surface area contributed by atoms with Crippen LogP contribution in [0.2, 0.25) is 0 Å². The third kappa shape index (κ3) is 4.16. The number of carbonyl (C=O) groups excluding carboxylic acids is 3. The van der Waals surface area contributed by atoms with Gasteiger partial charge < -0.3 is 15.7 Å². The Bertz CT molecular complexity index is 1120. The minimum atomic E-state index is -0.633. The van der Waals surface area contributed by atoms with Crippen molar-refractivity contribution in [3.8, 4) is 0 Å². The molecular weight excluding hydrogens is 420 g/mol. The van der Waals surface area contributed by atoms with Crippen LogP contribution in [0.3, 0.4) is 0 Å². The summed E-state index contributed by atoms with van der Waals surface area (Å²) in [5.74, 6) is -0.128. The predicted octanol–water partition coefficient (Wildman–Crippen LogP) is 2.27. The van der Waals surface area contributed by atoms with E-state index in [2.05, 4.69) is 18.9 Å². The molecule has 1 aromatic heterocycles. The molecule has 176 valence electrons. The van der Waals surface area contributed by atoms with Crippen LogP contribution in [0.1, 0.15) is 62.9 Å². The average Bonchev–Trinajstić information content (AvgIpc) is 3.22. The first kappa shape index (κ1) is 22.1. The Morgan fingerprint density at radius 3 is 2.64 bits per heavy atom. The number of hydrogen-bond donors (Lipinski definition) is 2. The van der Waals surface area contributed by atoms with Crippen molar-refractivity contribution in [3.63, 3.8) is 0 Å². The molecule has 2 aromatic rings. The molecule has 2 saturated carbocycles. The summed E-state index contributed by atoms with van der Waals surface area (Å²) in [6.45, 7) is 4.25. The topological polar surface area (TPSA) is 119 Å². The number of nitrogens with zero attached hydrogens (tertiary/aromatic N) is 3. The van der Waals surface area contributed by atoms with Gasteiger partial charge in [-0.1, -0.05) is 32.0 Å². The largest absolute Gasteiger partial charge is 0.393 e. The number of ketones is 1. The van der Waals surface area contributed by atoms with E-state index in [1.165, 1.54) is 4.68 Å². The van der Waals surface area contributed by atoms with Crippen LogP contribution in [0.4, 0.5) is 0 Å². The molecule has 5 rings (SSSR count). The Hall–Kier alpha value is -2.74. The number of fused-ring (bicyclic) bond motifs is 2. The number of carbonyl (C=O) groups is 3. The van der Waals surface area contributed by atoms with E-state index in [9.17, 15) is 19.5 Å². The van der Waals surface area contributed by atoms with Crippen LogP contribution in [0, 0.1) is 17.3 Å². The molecule has 5 atom stereocenters. The lowest BCUT2D eigenvalue weighted by molar-refractivity contribution is -0.140. The molecule has 0 spiro atoms. The van der Waals surface area contributed by atoms with E-state index in [-0.39, 0.29) is 47.4 Å². The van der Waals surface area contributed by atoms with E-state index in [0.717, 1.165) is 25.7 Å². The molecule has 3 fully saturated rings. The molecule has 8 nitrogen and oxygen atoms in total. The van der Waals surface area contributed by atoms with Gasteiger partial charge in [-0.05, 0) is 55.4 Å². The van der Waals surface area contributed by atoms with Crippen molar-refractivity contribution in [2.45, 2.75) is 77.1 Å². The van der Waals surface area contributed by atoms with Crippen molar-refractivity contribution >= 4 is 28.5 Å². The van der Waals surface area contributed by atoms with Crippen molar-refractivity contribution in [3.05, 3.63) is 30.0 Å². The molecule has 2 amide bonds. The molecule has 33 heavy (non-hydrogen) atoms. The summed E-state index contributed by atoms with van der Waals surface area (Å²) in [5.41, 5.74) is 6.33. The van der Waals surface area contributed by atoms with E-state index < -0.39 is 11.9 Å². The fourth-order valence-electron chi connectivity index (χ4n) is 6.37. The lowest BCUT2D eigenvalue weighted by atomic mass is 9.69. The number of benzene rings is 1. The minimum Gasteiger partial charge on any atom is -0.393 e. The fourth-order valence-corrected chi connectivity index (χ4v) is 6.37. The molecule has 0 radical (unpaired) electrons. The quantitative estimate of drug-likeness (QED) is 0.697. The van der Waals surface area contributed by atoms with E-state index >= 15 is 0 Å². The van der Waals surface area contributed by atoms with Gasteiger partial charge >= 0.3 is 0 Å². The third-order valence-corrected chi connectivity index (χ3v) is 7.67. The van der Waals surface area contributed by atoms with Crippen LogP contribution in [0.5, 0.6) is 0 Å². The van der Waals surface area contributed by atoms with Gasteiger partial charge in [-0.25, -0.2) is 0 Å². The molecule has 3 N–H and O–H groups in total. The van der Waals surface area contributed by atoms with Gasteiger partial charge in [0.15, 0.2) is 11.5 Å². The average molecular weight is 453 g/mol. The molecule has 2 aliphatic carbocycles. The van der Waals surface area contributed by atoms with Crippen molar-refractivity contribution in [2.75, 3.05) is 0 Å². The zero-order valence-electron chi connectivity index (χ0n) is 19.2. The second-order valence-electron chi connectivity index (χ2n) is 11.0. The molecule has 1 aromatic carbocycles. The number of hydrogen-bond acceptors (Lipinski definition) is 5. The van der Waals surface area contributed by atoms with Crippen molar-refractivity contribution < 1.29 is 19.5 Å². The Balaban J connectivity index is 1.33. The number of Topliss-reactive ketones (excluding diaryl/α,β-unsaturated/α-hetero) is 1. The molecule has 1 aliphatic heterocycles. The summed E-state index contributed by atoms with van der Waals surface area (Å²) in [5, 5.41) is 15.2. The highest BCUT2D eigenvalue weighted by molar-refractivity contribution is 6.04. The maximum atomic E-state index is 13.4. The molecular formula is C25H32N4O4. The highest BCUT2D eigenvalue weighted by atomic mass is 16.3. The van der Waals surface area contributed by atoms with Gasteiger partial charge in [-0.15, -0.1) is 0 Å². The second-order valence-corrected chi connectivity index (χ2v) is 11.0. The maximum absolute atomic E-state index is 13.4. The second kappa shape index (κ2) is 7.94. The van der Waals surface area contributed by atoms with Crippen LogP contribution in [0.15, 0.2) is 24.3 Å². The first-order valence-corrected chi connectivity index (χ1v) is 11.9. The Kier molecular flexibility index (Phi) is 5.31. The number of likely N-dealkylation sites (tertiary alicyclic amines) is 1. The lowest BCUT2D eigenvalue weighted by Gasteiger charge is -2.38. The molecule has 8 heteroatoms. The van der Waals surface area contributed by atoms with Crippen LogP contribution >= 0.6 is 0 Å². The van der Waals surface area contributed by atoms with E-state index in [1.54, 1.807) is 17.0 Å². The van der Waals surface area contributed by atoms with Crippen molar-refractivity contribution in [1.82, 2.24) is 14.7 Å². The number of para-hydroxylation sites is 1. The third-order valence-electron chi connectivity index (χ3n) is 7.67. The number of rotatable bonds is 6. The summed E-state index contributed by atoms with van der Waals surface area (Å²) < 4.78 is 1.52. The van der Waals surface area contributed by atoms with Gasteiger partial charge in [0.25, 0.3) is 5.91 Å². The summed E-state index contributed by atoms with van der Waals surface area (Å²) in [6.07, 6.45) is 4.04. The maximum Gasteiger partial charge on any atom is 0.269 e. The van der Waals surface area contributed by atoms with Gasteiger partial charge in [0.1, 0.15) is 6.54 Å². The van der Waals surface area contributed by atoms with Gasteiger partial charge in [0.2, 0.25) is 5.91 Å². The Morgan fingerprint density at radius 1 is 1.15 bits per heavy atom. The van der Waals surface area contributed by atoms with Gasteiger partial charge in [0.05, 0.1) is 17.7 Å². The number of piperidine rings is 1. The highest BCUT2D eigenvalue weighted by Gasteiger charge is 2.56. The number of primary amides is 1. The molecule has 0 bridgehead atoms. The van der Waals surface area contributed by atoms with Gasteiger partial charge in [-0.3, -0.25) is 19.1 Å². The summed E-state index contributed by atoms with van der Waals surface area (Å²) >= 11 is 0. The number of aromatic nitrogens is 2. The number of amides is 2. The zero-order valence-corrected chi connectivity index (χ0v) is 19.2. The molecule has 2 heterocycles. The Labute approximate surface area is 193 Å². The summed E-state index contributed by atoms with van der Waals surface area (Å²) in [6, 6.07) is 6.93. The number of aliphatic hydroxyl groups is 1. The molecule has 3 aliphatic rings. The van der Waals surface area contributed by atoms with Crippen molar-refractivity contribution in [1.29, 1.82) is 0 Å². The Morgan fingerprint density at radius 2 is 1.91 bits per heavy atom. The first-order valence-electron chi connectivity index (χ1n) is 11.9. The smallest absolute Gasteiger partial charge is 0.269 e. The first-order chi connectivity index (χ1) is 15.6. The van der Waals surface area contributed by atoms with Crippen LogP contribution < -0.4 is 5.73 Å². The van der Waals surface area contributed by atoms with Crippen LogP contribution in [-0.4, -0.2) is 55.6 Å². The standard InChI is InChI=1S/C25H32N4O4/c1-25(2)11-14(7-16(30)12-25)8-21(31)20-10-15-9-19(15)29(20)22(32)13-28-18-6-4-3-5-17(18)23(27-28)24(26)33/h3-6,14-16,19-20,30H,7-13H2,1-2H3,(H2,26,33)/t14-,15+,16+,19+,20-/m0/s1. The van der Waals surface area contributed by atoms with E-state index in [1.807, 2.05) is 12.1 Å². The monoisotopic (exact) mass is 452 g/mol. The molecule has 1 saturated heterocycles. The normalized spacial score (nSPS) is 30.3. The number of nitrogens with two attached hydrogens (primary N) is 1.